The molecule has 1 aliphatic rings. The van der Waals surface area contributed by atoms with E-state index in [9.17, 15) is 13.9 Å². The van der Waals surface area contributed by atoms with E-state index >= 15 is 0 Å². The summed E-state index contributed by atoms with van der Waals surface area (Å²) in [5, 5.41) is 0.778. The van der Waals surface area contributed by atoms with Crippen molar-refractivity contribution in [2.75, 3.05) is 0 Å². The normalized spacial score (nSPS) is 16.9. The second-order valence-corrected chi connectivity index (χ2v) is 13.2. The quantitative estimate of drug-likeness (QED) is 0.151. The lowest BCUT2D eigenvalue weighted by atomic mass is 10.0. The Morgan fingerprint density at radius 1 is 0.725 bits per heavy atom. The van der Waals surface area contributed by atoms with Gasteiger partial charge in [-0.2, -0.15) is 0 Å². The van der Waals surface area contributed by atoms with E-state index in [1.54, 1.807) is 84.9 Å². The summed E-state index contributed by atoms with van der Waals surface area (Å²) in [5.74, 6) is -0.0756. The standard InChI is InChI=1S/C31H23NO6P2/c32-40(35,24-13-5-2-6-14-24)38-28-20-19-23(36-31(33)22-11-3-1-4-12-22)21-30(28)39(34)29-18-10-8-16-26(29)25-15-7-9-17-27(25)37-39/h1-21H,(H2,32,35). The van der Waals surface area contributed by atoms with Crippen LogP contribution >= 0.6 is 14.9 Å². The molecule has 0 radical (unpaired) electrons. The van der Waals surface area contributed by atoms with Gasteiger partial charge in [0.2, 0.25) is 0 Å². The fourth-order valence-electron chi connectivity index (χ4n) is 4.54. The maximum Gasteiger partial charge on any atom is 0.344 e. The number of carbonyl (C=O) groups is 1. The van der Waals surface area contributed by atoms with Crippen LogP contribution in [0, 0.1) is 0 Å². The van der Waals surface area contributed by atoms with Crippen LogP contribution in [0.4, 0.5) is 0 Å². The zero-order valence-electron chi connectivity index (χ0n) is 21.0. The minimum absolute atomic E-state index is 0.00767. The molecule has 0 aliphatic carbocycles. The summed E-state index contributed by atoms with van der Waals surface area (Å²) in [6, 6.07) is 35.7. The Kier molecular flexibility index (Phi) is 6.65. The van der Waals surface area contributed by atoms with Crippen molar-refractivity contribution in [1.29, 1.82) is 0 Å². The molecule has 198 valence electrons. The van der Waals surface area contributed by atoms with Crippen LogP contribution in [0.3, 0.4) is 0 Å². The highest BCUT2D eigenvalue weighted by molar-refractivity contribution is 7.75. The Labute approximate surface area is 231 Å². The number of ether oxygens (including phenoxy) is 1. The monoisotopic (exact) mass is 567 g/mol. The summed E-state index contributed by atoms with van der Waals surface area (Å²) in [5.41, 5.74) is 8.05. The summed E-state index contributed by atoms with van der Waals surface area (Å²) in [6.45, 7) is 0. The van der Waals surface area contributed by atoms with Crippen molar-refractivity contribution in [3.63, 3.8) is 0 Å². The number of rotatable bonds is 6. The molecule has 0 amide bonds. The number of benzene rings is 5. The van der Waals surface area contributed by atoms with Gasteiger partial charge in [-0.3, -0.25) is 9.13 Å². The predicted octanol–water partition coefficient (Wildman–Crippen LogP) is 6.05. The lowest BCUT2D eigenvalue weighted by Crippen LogP contribution is -2.27. The van der Waals surface area contributed by atoms with Gasteiger partial charge in [0.15, 0.2) is 0 Å². The van der Waals surface area contributed by atoms with Crippen molar-refractivity contribution < 1.29 is 27.7 Å². The number of hydrogen-bond donors (Lipinski definition) is 1. The maximum absolute atomic E-state index is 15.0. The lowest BCUT2D eigenvalue weighted by molar-refractivity contribution is 0.0734. The van der Waals surface area contributed by atoms with Crippen molar-refractivity contribution in [3.8, 4) is 28.4 Å². The fourth-order valence-corrected chi connectivity index (χ4v) is 8.15. The lowest BCUT2D eigenvalue weighted by Gasteiger charge is -2.30. The zero-order chi connectivity index (χ0) is 27.7. The number of carbonyl (C=O) groups excluding carboxylic acids is 1. The molecule has 7 nitrogen and oxygen atoms in total. The first kappa shape index (κ1) is 25.8. The minimum Gasteiger partial charge on any atom is -0.436 e. The SMILES string of the molecule is NP(=O)(Oc1ccc(OC(=O)c2ccccc2)cc1P1(=O)Oc2ccccc2-c2ccccc21)c1ccccc1. The van der Waals surface area contributed by atoms with Crippen LogP contribution in [0.15, 0.2) is 127 Å². The number of hydrogen-bond acceptors (Lipinski definition) is 6. The Morgan fingerprint density at radius 3 is 2.10 bits per heavy atom. The average Bonchev–Trinajstić information content (AvgIpc) is 2.99. The molecule has 0 spiro atoms. The zero-order valence-corrected chi connectivity index (χ0v) is 22.8. The molecule has 0 aromatic heterocycles. The van der Waals surface area contributed by atoms with Crippen molar-refractivity contribution in [2.24, 2.45) is 5.50 Å². The van der Waals surface area contributed by atoms with E-state index in [1.807, 2.05) is 24.3 Å². The van der Waals surface area contributed by atoms with E-state index in [0.29, 0.717) is 16.6 Å². The summed E-state index contributed by atoms with van der Waals surface area (Å²) in [4.78, 5) is 12.8. The molecule has 2 atom stereocenters. The number of fused-ring (bicyclic) bond motifs is 3. The van der Waals surface area contributed by atoms with Crippen LogP contribution in [0.1, 0.15) is 10.4 Å². The molecule has 5 aromatic carbocycles. The van der Waals surface area contributed by atoms with Gasteiger partial charge in [0.25, 0.3) is 0 Å². The first-order valence-electron chi connectivity index (χ1n) is 12.4. The van der Waals surface area contributed by atoms with Gasteiger partial charge >= 0.3 is 20.9 Å². The molecule has 0 saturated carbocycles. The summed E-state index contributed by atoms with van der Waals surface area (Å²) < 4.78 is 46.4. The van der Waals surface area contributed by atoms with Crippen LogP contribution in [-0.2, 0) is 9.13 Å². The highest BCUT2D eigenvalue weighted by Crippen LogP contribution is 2.56. The Bertz CT molecular complexity index is 1820. The topological polar surface area (TPSA) is 105 Å². The number of esters is 1. The van der Waals surface area contributed by atoms with Crippen LogP contribution < -0.4 is 35.2 Å². The van der Waals surface area contributed by atoms with Gasteiger partial charge in [0.05, 0.1) is 21.5 Å². The molecule has 0 fully saturated rings. The van der Waals surface area contributed by atoms with Crippen molar-refractivity contribution in [3.05, 3.63) is 133 Å². The van der Waals surface area contributed by atoms with Crippen molar-refractivity contribution >= 4 is 36.8 Å². The van der Waals surface area contributed by atoms with Crippen LogP contribution in [0.2, 0.25) is 0 Å². The first-order chi connectivity index (χ1) is 19.3. The van der Waals surface area contributed by atoms with E-state index in [0.717, 1.165) is 11.1 Å². The number of para-hydroxylation sites is 1. The molecule has 1 aliphatic heterocycles. The molecule has 0 saturated heterocycles. The van der Waals surface area contributed by atoms with Crippen molar-refractivity contribution in [2.45, 2.75) is 0 Å². The summed E-state index contributed by atoms with van der Waals surface area (Å²) in [7, 11) is -7.84. The Morgan fingerprint density at radius 2 is 1.35 bits per heavy atom. The van der Waals surface area contributed by atoms with Gasteiger partial charge in [0.1, 0.15) is 17.2 Å². The third-order valence-corrected chi connectivity index (χ3v) is 10.4. The van der Waals surface area contributed by atoms with Gasteiger partial charge in [-0.25, -0.2) is 10.3 Å². The molecule has 9 heteroatoms. The molecule has 1 heterocycles. The first-order valence-corrected chi connectivity index (χ1v) is 15.7. The predicted molar refractivity (Wildman–Crippen MR) is 156 cm³/mol. The molecule has 2 N–H and O–H groups in total. The van der Waals surface area contributed by atoms with Gasteiger partial charge < -0.3 is 13.8 Å². The third-order valence-electron chi connectivity index (χ3n) is 6.44. The van der Waals surface area contributed by atoms with Crippen LogP contribution in [-0.4, -0.2) is 5.97 Å². The maximum atomic E-state index is 15.0. The van der Waals surface area contributed by atoms with Crippen LogP contribution in [0.5, 0.6) is 17.2 Å². The van der Waals surface area contributed by atoms with E-state index in [4.69, 9.17) is 19.3 Å². The minimum atomic E-state index is -3.94. The Hall–Kier alpha value is -4.41. The summed E-state index contributed by atoms with van der Waals surface area (Å²) >= 11 is 0. The Balaban J connectivity index is 1.50. The highest BCUT2D eigenvalue weighted by Gasteiger charge is 2.41. The molecular formula is C31H23NO6P2. The van der Waals surface area contributed by atoms with Crippen molar-refractivity contribution in [1.82, 2.24) is 0 Å². The van der Waals surface area contributed by atoms with Gasteiger partial charge in [-0.05, 0) is 60.2 Å². The molecule has 0 bridgehead atoms. The second kappa shape index (κ2) is 10.3. The van der Waals surface area contributed by atoms with E-state index in [-0.39, 0.29) is 22.1 Å². The highest BCUT2D eigenvalue weighted by atomic mass is 31.2. The molecule has 2 unspecified atom stereocenters. The molecule has 5 aromatic rings. The number of nitrogens with two attached hydrogens (primary N) is 1. The fraction of sp³-hybridized carbons (Fsp3) is 0. The second-order valence-electron chi connectivity index (χ2n) is 9.07. The van der Waals surface area contributed by atoms with Crippen LogP contribution in [0.25, 0.3) is 11.1 Å². The smallest absolute Gasteiger partial charge is 0.344 e. The summed E-state index contributed by atoms with van der Waals surface area (Å²) in [6.07, 6.45) is 0. The van der Waals surface area contributed by atoms with E-state index in [2.05, 4.69) is 0 Å². The third kappa shape index (κ3) is 4.76. The van der Waals surface area contributed by atoms with E-state index < -0.39 is 20.9 Å². The molecule has 6 rings (SSSR count). The molecule has 40 heavy (non-hydrogen) atoms. The van der Waals surface area contributed by atoms with Gasteiger partial charge in [-0.15, -0.1) is 0 Å². The van der Waals surface area contributed by atoms with Gasteiger partial charge in [-0.1, -0.05) is 72.8 Å². The molecular weight excluding hydrogens is 544 g/mol. The van der Waals surface area contributed by atoms with Gasteiger partial charge in [0, 0.05) is 5.56 Å². The largest absolute Gasteiger partial charge is 0.436 e. The van der Waals surface area contributed by atoms with E-state index in [1.165, 1.54) is 18.2 Å². The average molecular weight is 567 g/mol.